The number of likely N-dealkylation sites (tertiary alicyclic amines) is 1. The number of cyclic esters (lactones) is 1. The van der Waals surface area contributed by atoms with Crippen molar-refractivity contribution in [2.45, 2.75) is 36.5 Å². The average molecular weight is 560 g/mol. The van der Waals surface area contributed by atoms with Crippen LogP contribution in [0.15, 0.2) is 65.6 Å². The van der Waals surface area contributed by atoms with Crippen LogP contribution in [0, 0.1) is 0 Å². The molecular formula is C30H33N5O4S. The second-order valence-corrected chi connectivity index (χ2v) is 11.5. The van der Waals surface area contributed by atoms with E-state index >= 15 is 0 Å². The topological polar surface area (TPSA) is 96.0 Å². The normalized spacial score (nSPS) is 20.8. The number of nitrogens with one attached hydrogen (secondary N) is 2. The number of aromatic nitrogens is 1. The smallest absolute Gasteiger partial charge is 0.414 e. The van der Waals surface area contributed by atoms with Crippen LogP contribution in [0.1, 0.15) is 18.4 Å². The molecule has 0 unspecified atom stereocenters. The molecule has 9 nitrogen and oxygen atoms in total. The van der Waals surface area contributed by atoms with E-state index in [0.29, 0.717) is 37.7 Å². The Bertz CT molecular complexity index is 1400. The van der Waals surface area contributed by atoms with Crippen LogP contribution in [0.25, 0.3) is 11.3 Å². The van der Waals surface area contributed by atoms with Crippen molar-refractivity contribution in [2.75, 3.05) is 49.2 Å². The third kappa shape index (κ3) is 6.24. The zero-order valence-corrected chi connectivity index (χ0v) is 23.3. The predicted molar refractivity (Wildman–Crippen MR) is 156 cm³/mol. The number of hydrogen-bond acceptors (Lipinski definition) is 8. The number of anilines is 2. The van der Waals surface area contributed by atoms with Crippen LogP contribution >= 0.6 is 11.8 Å². The van der Waals surface area contributed by atoms with Crippen molar-refractivity contribution < 1.29 is 19.1 Å². The van der Waals surface area contributed by atoms with Gasteiger partial charge in [-0.25, -0.2) is 9.78 Å². The van der Waals surface area contributed by atoms with Gasteiger partial charge in [0.1, 0.15) is 12.2 Å². The summed E-state index contributed by atoms with van der Waals surface area (Å²) in [5.74, 6) is 1.05. The number of benzene rings is 2. The van der Waals surface area contributed by atoms with Crippen LogP contribution in [0.3, 0.4) is 0 Å². The van der Waals surface area contributed by atoms with Crippen LogP contribution in [0.5, 0.6) is 5.88 Å². The van der Waals surface area contributed by atoms with Gasteiger partial charge in [0.05, 0.1) is 23.7 Å². The van der Waals surface area contributed by atoms with Gasteiger partial charge < -0.3 is 25.0 Å². The van der Waals surface area contributed by atoms with E-state index in [4.69, 9.17) is 14.5 Å². The maximum Gasteiger partial charge on any atom is 0.414 e. The molecule has 0 radical (unpaired) electrons. The first kappa shape index (κ1) is 26.6. The van der Waals surface area contributed by atoms with Crippen LogP contribution in [-0.4, -0.2) is 73.1 Å². The summed E-state index contributed by atoms with van der Waals surface area (Å²) >= 11 is 1.50. The van der Waals surface area contributed by atoms with Gasteiger partial charge in [-0.2, -0.15) is 0 Å². The minimum Gasteiger partial charge on any atom is -0.473 e. The fraction of sp³-hybridized carbons (Fsp3) is 0.367. The fourth-order valence-electron chi connectivity index (χ4n) is 5.26. The van der Waals surface area contributed by atoms with E-state index in [9.17, 15) is 9.59 Å². The standard InChI is InChI=1S/C30H33N5O4S/c1-34-13-11-24(17-34)38-29-7-3-6-25(33-29)21-5-2-4-20(14-21)16-31-12-10-23-18-35(30(37)39-23)22-8-9-27-26(15-22)32-28(36)19-40-27/h2-9,14-15,23-24,31H,10-13,16-19H2,1H3,(H,32,36)/t23-,24+/m0/s1. The second kappa shape index (κ2) is 11.9. The lowest BCUT2D eigenvalue weighted by molar-refractivity contribution is -0.113. The number of nitrogens with zero attached hydrogens (tertiary/aromatic N) is 3. The summed E-state index contributed by atoms with van der Waals surface area (Å²) < 4.78 is 11.7. The van der Waals surface area contributed by atoms with Crippen LogP contribution in [0.2, 0.25) is 0 Å². The number of ether oxygens (including phenoxy) is 2. The van der Waals surface area contributed by atoms with Crippen molar-refractivity contribution in [3.8, 4) is 17.1 Å². The lowest BCUT2D eigenvalue weighted by Gasteiger charge is -2.20. The molecule has 3 aliphatic heterocycles. The van der Waals surface area contributed by atoms with Gasteiger partial charge in [0.25, 0.3) is 0 Å². The number of carbonyl (C=O) groups excluding carboxylic acids is 2. The number of hydrogen-bond donors (Lipinski definition) is 2. The quantitative estimate of drug-likeness (QED) is 0.373. The zero-order valence-electron chi connectivity index (χ0n) is 22.5. The van der Waals surface area contributed by atoms with Gasteiger partial charge in [0, 0.05) is 41.8 Å². The van der Waals surface area contributed by atoms with Crippen molar-refractivity contribution in [3.63, 3.8) is 0 Å². The summed E-state index contributed by atoms with van der Waals surface area (Å²) in [4.78, 5) is 34.0. The van der Waals surface area contributed by atoms with Crippen molar-refractivity contribution in [3.05, 3.63) is 66.2 Å². The molecular weight excluding hydrogens is 526 g/mol. The van der Waals surface area contributed by atoms with Gasteiger partial charge in [-0.3, -0.25) is 9.69 Å². The van der Waals surface area contributed by atoms with Crippen LogP contribution in [0.4, 0.5) is 16.2 Å². The number of fused-ring (bicyclic) bond motifs is 1. The molecule has 0 bridgehead atoms. The molecule has 2 fully saturated rings. The van der Waals surface area contributed by atoms with Crippen LogP contribution < -0.4 is 20.3 Å². The monoisotopic (exact) mass is 559 g/mol. The molecule has 2 aromatic carbocycles. The van der Waals surface area contributed by atoms with Crippen molar-refractivity contribution in [1.29, 1.82) is 0 Å². The van der Waals surface area contributed by atoms with Crippen LogP contribution in [-0.2, 0) is 16.1 Å². The SMILES string of the molecule is CN1CC[C@@H](Oc2cccc(-c3cccc(CNCC[C@H]4CN(c5ccc6c(c5)NC(=O)CS6)C(=O)O4)c3)n2)C1. The minimum absolute atomic E-state index is 0.0283. The van der Waals surface area contributed by atoms with E-state index in [2.05, 4.69) is 40.8 Å². The van der Waals surface area contributed by atoms with Gasteiger partial charge in [-0.1, -0.05) is 24.3 Å². The molecule has 10 heteroatoms. The first-order valence-electron chi connectivity index (χ1n) is 13.7. The highest BCUT2D eigenvalue weighted by Gasteiger charge is 2.32. The Hall–Kier alpha value is -3.60. The maximum absolute atomic E-state index is 12.6. The molecule has 3 aromatic rings. The lowest BCUT2D eigenvalue weighted by Crippen LogP contribution is -2.26. The van der Waals surface area contributed by atoms with E-state index < -0.39 is 0 Å². The van der Waals surface area contributed by atoms with Gasteiger partial charge in [-0.15, -0.1) is 11.8 Å². The molecule has 2 amide bonds. The third-order valence-electron chi connectivity index (χ3n) is 7.34. The maximum atomic E-state index is 12.6. The predicted octanol–water partition coefficient (Wildman–Crippen LogP) is 4.38. The van der Waals surface area contributed by atoms with E-state index in [1.54, 1.807) is 4.90 Å². The number of pyridine rings is 1. The molecule has 2 saturated heterocycles. The summed E-state index contributed by atoms with van der Waals surface area (Å²) in [6, 6.07) is 20.0. The number of carbonyl (C=O) groups is 2. The van der Waals surface area contributed by atoms with Crippen molar-refractivity contribution >= 4 is 35.1 Å². The molecule has 2 atom stereocenters. The Morgan fingerprint density at radius 3 is 2.90 bits per heavy atom. The fourth-order valence-corrected chi connectivity index (χ4v) is 6.05. The molecule has 40 heavy (non-hydrogen) atoms. The molecule has 0 aliphatic carbocycles. The van der Waals surface area contributed by atoms with E-state index in [1.807, 2.05) is 42.5 Å². The molecule has 4 heterocycles. The van der Waals surface area contributed by atoms with Gasteiger partial charge in [0.2, 0.25) is 11.8 Å². The summed E-state index contributed by atoms with van der Waals surface area (Å²) in [5.41, 5.74) is 4.58. The molecule has 0 spiro atoms. The molecule has 3 aliphatic rings. The molecule has 0 saturated carbocycles. The summed E-state index contributed by atoms with van der Waals surface area (Å²) in [5, 5.41) is 6.36. The van der Waals surface area contributed by atoms with Crippen molar-refractivity contribution in [1.82, 2.24) is 15.2 Å². The van der Waals surface area contributed by atoms with Gasteiger partial charge in [0.15, 0.2) is 0 Å². The van der Waals surface area contributed by atoms with E-state index in [0.717, 1.165) is 52.6 Å². The first-order chi connectivity index (χ1) is 19.5. The zero-order chi connectivity index (χ0) is 27.5. The first-order valence-corrected chi connectivity index (χ1v) is 14.7. The minimum atomic E-state index is -0.355. The Balaban J connectivity index is 0.997. The second-order valence-electron chi connectivity index (χ2n) is 10.5. The number of thioether (sulfide) groups is 1. The highest BCUT2D eigenvalue weighted by Crippen LogP contribution is 2.35. The van der Waals surface area contributed by atoms with Crippen molar-refractivity contribution in [2.24, 2.45) is 0 Å². The Kier molecular flexibility index (Phi) is 7.90. The van der Waals surface area contributed by atoms with E-state index in [1.165, 1.54) is 11.8 Å². The van der Waals surface area contributed by atoms with Gasteiger partial charge >= 0.3 is 6.09 Å². The Morgan fingerprint density at radius 2 is 2.02 bits per heavy atom. The highest BCUT2D eigenvalue weighted by atomic mass is 32.2. The highest BCUT2D eigenvalue weighted by molar-refractivity contribution is 8.00. The largest absolute Gasteiger partial charge is 0.473 e. The summed E-state index contributed by atoms with van der Waals surface area (Å²) in [6.45, 7) is 3.88. The summed E-state index contributed by atoms with van der Waals surface area (Å²) in [6.07, 6.45) is 1.36. The molecule has 208 valence electrons. The third-order valence-corrected chi connectivity index (χ3v) is 8.41. The number of rotatable bonds is 9. The Morgan fingerprint density at radius 1 is 1.12 bits per heavy atom. The Labute approximate surface area is 238 Å². The molecule has 6 rings (SSSR count). The number of amides is 2. The molecule has 2 N–H and O–H groups in total. The van der Waals surface area contributed by atoms with E-state index in [-0.39, 0.29) is 24.2 Å². The summed E-state index contributed by atoms with van der Waals surface area (Å²) in [7, 11) is 2.11. The number of likely N-dealkylation sites (N-methyl/N-ethyl adjacent to an activating group) is 1. The average Bonchev–Trinajstić information content (AvgIpc) is 3.55. The molecule has 1 aromatic heterocycles. The van der Waals surface area contributed by atoms with Gasteiger partial charge in [-0.05, 0) is 62.3 Å². The lowest BCUT2D eigenvalue weighted by atomic mass is 10.1.